The Morgan fingerprint density at radius 2 is 1.70 bits per heavy atom. The van der Waals surface area contributed by atoms with Crippen LogP contribution < -0.4 is 10.1 Å². The fourth-order valence-electron chi connectivity index (χ4n) is 3.14. The van der Waals surface area contributed by atoms with Crippen molar-refractivity contribution in [3.05, 3.63) is 70.6 Å². The van der Waals surface area contributed by atoms with Crippen LogP contribution in [-0.4, -0.2) is 25.6 Å². The highest BCUT2D eigenvalue weighted by Crippen LogP contribution is 2.40. The van der Waals surface area contributed by atoms with Crippen molar-refractivity contribution in [2.45, 2.75) is 26.7 Å². The Morgan fingerprint density at radius 1 is 1.03 bits per heavy atom. The fourth-order valence-corrected chi connectivity index (χ4v) is 4.22. The molecular formula is C24H25NO4S. The highest BCUT2D eigenvalue weighted by molar-refractivity contribution is 7.17. The first-order chi connectivity index (χ1) is 14.4. The van der Waals surface area contributed by atoms with Gasteiger partial charge in [-0.1, -0.05) is 56.3 Å². The molecule has 3 rings (SSSR count). The topological polar surface area (TPSA) is 64.6 Å². The van der Waals surface area contributed by atoms with E-state index in [4.69, 9.17) is 9.47 Å². The van der Waals surface area contributed by atoms with Crippen LogP contribution in [0.3, 0.4) is 0 Å². The molecular weight excluding hydrogens is 398 g/mol. The van der Waals surface area contributed by atoms with Crippen LogP contribution >= 0.6 is 11.3 Å². The molecule has 3 aromatic rings. The standard InChI is InChI=1S/C24H25NO4S/c1-15(2)17-10-12-19(13-11-17)29-14-20(26)25-23-22(24(27)28-4)21(16(3)30-23)18-8-6-5-7-9-18/h5-13,15H,14H2,1-4H3,(H,25,26). The first-order valence-corrected chi connectivity index (χ1v) is 10.5. The quantitative estimate of drug-likeness (QED) is 0.499. The smallest absolute Gasteiger partial charge is 0.341 e. The third kappa shape index (κ3) is 4.89. The lowest BCUT2D eigenvalue weighted by Gasteiger charge is -2.10. The predicted molar refractivity (Wildman–Crippen MR) is 120 cm³/mol. The predicted octanol–water partition coefficient (Wildman–Crippen LogP) is 5.65. The molecule has 0 saturated carbocycles. The zero-order valence-electron chi connectivity index (χ0n) is 17.5. The third-order valence-electron chi connectivity index (χ3n) is 4.71. The SMILES string of the molecule is COC(=O)c1c(NC(=O)COc2ccc(C(C)C)cc2)sc(C)c1-c1ccccc1. The van der Waals surface area contributed by atoms with Crippen molar-refractivity contribution in [3.8, 4) is 16.9 Å². The molecule has 0 aliphatic heterocycles. The molecule has 0 fully saturated rings. The van der Waals surface area contributed by atoms with Gasteiger partial charge in [0.15, 0.2) is 6.61 Å². The number of esters is 1. The summed E-state index contributed by atoms with van der Waals surface area (Å²) < 4.78 is 10.6. The van der Waals surface area contributed by atoms with E-state index in [-0.39, 0.29) is 12.5 Å². The number of thiophene rings is 1. The summed E-state index contributed by atoms with van der Waals surface area (Å²) in [7, 11) is 1.33. The minimum atomic E-state index is -0.487. The van der Waals surface area contributed by atoms with Crippen molar-refractivity contribution in [1.82, 2.24) is 0 Å². The number of ether oxygens (including phenoxy) is 2. The van der Waals surface area contributed by atoms with E-state index in [0.29, 0.717) is 22.2 Å². The molecule has 1 aromatic heterocycles. The molecule has 156 valence electrons. The molecule has 2 aromatic carbocycles. The van der Waals surface area contributed by atoms with Crippen LogP contribution in [0.5, 0.6) is 5.75 Å². The zero-order chi connectivity index (χ0) is 21.7. The van der Waals surface area contributed by atoms with E-state index < -0.39 is 5.97 Å². The van der Waals surface area contributed by atoms with Gasteiger partial charge in [0, 0.05) is 10.4 Å². The summed E-state index contributed by atoms with van der Waals surface area (Å²) in [5.74, 6) is 0.225. The molecule has 0 aliphatic carbocycles. The Bertz CT molecular complexity index is 1020. The molecule has 0 saturated heterocycles. The van der Waals surface area contributed by atoms with E-state index >= 15 is 0 Å². The van der Waals surface area contributed by atoms with E-state index in [9.17, 15) is 9.59 Å². The van der Waals surface area contributed by atoms with E-state index in [2.05, 4.69) is 19.2 Å². The lowest BCUT2D eigenvalue weighted by atomic mass is 10.0. The number of aryl methyl sites for hydroxylation is 1. The maximum Gasteiger partial charge on any atom is 0.341 e. The minimum Gasteiger partial charge on any atom is -0.484 e. The van der Waals surface area contributed by atoms with Crippen LogP contribution in [0.2, 0.25) is 0 Å². The van der Waals surface area contributed by atoms with Gasteiger partial charge in [-0.25, -0.2) is 4.79 Å². The molecule has 0 radical (unpaired) electrons. The molecule has 30 heavy (non-hydrogen) atoms. The summed E-state index contributed by atoms with van der Waals surface area (Å²) in [6, 6.07) is 17.3. The number of hydrogen-bond acceptors (Lipinski definition) is 5. The van der Waals surface area contributed by atoms with Crippen LogP contribution in [0.15, 0.2) is 54.6 Å². The second kappa shape index (κ2) is 9.59. The second-order valence-corrected chi connectivity index (χ2v) is 8.38. The van der Waals surface area contributed by atoms with Crippen LogP contribution in [-0.2, 0) is 9.53 Å². The fraction of sp³-hybridized carbons (Fsp3) is 0.250. The second-order valence-electron chi connectivity index (χ2n) is 7.16. The van der Waals surface area contributed by atoms with Gasteiger partial charge in [0.2, 0.25) is 0 Å². The van der Waals surface area contributed by atoms with E-state index in [1.54, 1.807) is 0 Å². The van der Waals surface area contributed by atoms with Gasteiger partial charge in [-0.2, -0.15) is 0 Å². The van der Waals surface area contributed by atoms with Crippen molar-refractivity contribution in [2.75, 3.05) is 19.0 Å². The Hall–Kier alpha value is -3.12. The third-order valence-corrected chi connectivity index (χ3v) is 5.73. The largest absolute Gasteiger partial charge is 0.484 e. The van der Waals surface area contributed by atoms with E-state index in [1.807, 2.05) is 61.5 Å². The number of nitrogens with one attached hydrogen (secondary N) is 1. The maximum absolute atomic E-state index is 12.5. The number of carbonyl (C=O) groups is 2. The average molecular weight is 424 g/mol. The van der Waals surface area contributed by atoms with Crippen LogP contribution in [0.4, 0.5) is 5.00 Å². The Kier molecular flexibility index (Phi) is 6.90. The first-order valence-electron chi connectivity index (χ1n) is 9.70. The van der Waals surface area contributed by atoms with Gasteiger partial charge in [-0.15, -0.1) is 11.3 Å². The average Bonchev–Trinajstić information content (AvgIpc) is 3.08. The van der Waals surface area contributed by atoms with Gasteiger partial charge >= 0.3 is 5.97 Å². The number of anilines is 1. The molecule has 6 heteroatoms. The summed E-state index contributed by atoms with van der Waals surface area (Å²) >= 11 is 1.35. The maximum atomic E-state index is 12.5. The lowest BCUT2D eigenvalue weighted by molar-refractivity contribution is -0.118. The Balaban J connectivity index is 1.77. The van der Waals surface area contributed by atoms with E-state index in [1.165, 1.54) is 24.0 Å². The minimum absolute atomic E-state index is 0.154. The van der Waals surface area contributed by atoms with Gasteiger partial charge in [0.05, 0.1) is 7.11 Å². The molecule has 1 amide bonds. The first kappa shape index (κ1) is 21.6. The van der Waals surface area contributed by atoms with Crippen molar-refractivity contribution < 1.29 is 19.1 Å². The van der Waals surface area contributed by atoms with Crippen LogP contribution in [0.25, 0.3) is 11.1 Å². The molecule has 5 nitrogen and oxygen atoms in total. The number of carbonyl (C=O) groups excluding carboxylic acids is 2. The number of benzene rings is 2. The zero-order valence-corrected chi connectivity index (χ0v) is 18.3. The monoisotopic (exact) mass is 423 g/mol. The Labute approximate surface area is 180 Å². The molecule has 0 aliphatic rings. The normalized spacial score (nSPS) is 10.7. The van der Waals surface area contributed by atoms with Crippen LogP contribution in [0, 0.1) is 6.92 Å². The molecule has 0 bridgehead atoms. The molecule has 0 unspecified atom stereocenters. The lowest BCUT2D eigenvalue weighted by Crippen LogP contribution is -2.21. The van der Waals surface area contributed by atoms with Crippen molar-refractivity contribution in [1.29, 1.82) is 0 Å². The van der Waals surface area contributed by atoms with Gasteiger partial charge in [-0.3, -0.25) is 4.79 Å². The number of methoxy groups -OCH3 is 1. The molecule has 0 atom stereocenters. The molecule has 0 spiro atoms. The van der Waals surface area contributed by atoms with Gasteiger partial charge < -0.3 is 14.8 Å². The van der Waals surface area contributed by atoms with Crippen molar-refractivity contribution in [3.63, 3.8) is 0 Å². The summed E-state index contributed by atoms with van der Waals surface area (Å²) in [5.41, 5.74) is 3.24. The van der Waals surface area contributed by atoms with Crippen LogP contribution in [0.1, 0.15) is 40.6 Å². The summed E-state index contributed by atoms with van der Waals surface area (Å²) in [6.07, 6.45) is 0. The van der Waals surface area contributed by atoms with Crippen molar-refractivity contribution >= 4 is 28.2 Å². The summed E-state index contributed by atoms with van der Waals surface area (Å²) in [6.45, 7) is 6.00. The number of rotatable bonds is 7. The van der Waals surface area contributed by atoms with Gasteiger partial charge in [-0.05, 0) is 36.1 Å². The molecule has 1 N–H and O–H groups in total. The van der Waals surface area contributed by atoms with Gasteiger partial charge in [0.1, 0.15) is 16.3 Å². The molecule has 1 heterocycles. The summed E-state index contributed by atoms with van der Waals surface area (Å²) in [4.78, 5) is 25.9. The van der Waals surface area contributed by atoms with Crippen molar-refractivity contribution in [2.24, 2.45) is 0 Å². The van der Waals surface area contributed by atoms with E-state index in [0.717, 1.165) is 16.0 Å². The number of hydrogen-bond donors (Lipinski definition) is 1. The highest BCUT2D eigenvalue weighted by Gasteiger charge is 2.25. The van der Waals surface area contributed by atoms with Gasteiger partial charge in [0.25, 0.3) is 5.91 Å². The number of amides is 1. The highest BCUT2D eigenvalue weighted by atomic mass is 32.1. The summed E-state index contributed by atoms with van der Waals surface area (Å²) in [5, 5.41) is 3.27. The Morgan fingerprint density at radius 3 is 2.30 bits per heavy atom.